The van der Waals surface area contributed by atoms with E-state index >= 15 is 0 Å². The number of hydrogen-bond donors (Lipinski definition) is 2. The fourth-order valence-electron chi connectivity index (χ4n) is 2.94. The molecule has 0 radical (unpaired) electrons. The maximum Gasteiger partial charge on any atom is 0.433 e. The SMILES string of the molecule is Cc1oc2ccccc2c1CC(=O)Nc1n[nH]c2nc(C(F)(F)F)ccc12. The molecule has 3 heterocycles. The highest BCUT2D eigenvalue weighted by Gasteiger charge is 2.33. The van der Waals surface area contributed by atoms with Gasteiger partial charge in [-0.25, -0.2) is 4.98 Å². The van der Waals surface area contributed by atoms with Crippen molar-refractivity contribution < 1.29 is 22.4 Å². The van der Waals surface area contributed by atoms with Gasteiger partial charge in [-0.05, 0) is 25.1 Å². The van der Waals surface area contributed by atoms with Crippen LogP contribution in [-0.2, 0) is 17.4 Å². The van der Waals surface area contributed by atoms with E-state index in [1.807, 2.05) is 24.3 Å². The number of nitrogens with one attached hydrogen (secondary N) is 2. The van der Waals surface area contributed by atoms with E-state index in [4.69, 9.17) is 4.42 Å². The third-order valence-electron chi connectivity index (χ3n) is 4.21. The Morgan fingerprint density at radius 3 is 2.74 bits per heavy atom. The van der Waals surface area contributed by atoms with Gasteiger partial charge in [-0.1, -0.05) is 18.2 Å². The number of benzene rings is 1. The maximum absolute atomic E-state index is 12.7. The predicted octanol–water partition coefficient (Wildman–Crippen LogP) is 4.21. The van der Waals surface area contributed by atoms with Crippen LogP contribution in [0, 0.1) is 6.92 Å². The Morgan fingerprint density at radius 2 is 1.96 bits per heavy atom. The number of anilines is 1. The molecular formula is C18H13F3N4O2. The molecule has 0 saturated carbocycles. The molecule has 0 aliphatic heterocycles. The van der Waals surface area contributed by atoms with Gasteiger partial charge in [-0.2, -0.15) is 18.3 Å². The molecule has 27 heavy (non-hydrogen) atoms. The smallest absolute Gasteiger partial charge is 0.433 e. The van der Waals surface area contributed by atoms with Gasteiger partial charge in [-0.15, -0.1) is 0 Å². The van der Waals surface area contributed by atoms with Crippen molar-refractivity contribution in [1.82, 2.24) is 15.2 Å². The van der Waals surface area contributed by atoms with Crippen LogP contribution in [0.5, 0.6) is 0 Å². The zero-order valence-electron chi connectivity index (χ0n) is 14.0. The summed E-state index contributed by atoms with van der Waals surface area (Å²) in [5.41, 5.74) is 0.356. The summed E-state index contributed by atoms with van der Waals surface area (Å²) in [4.78, 5) is 15.9. The van der Waals surface area contributed by atoms with E-state index < -0.39 is 11.9 Å². The first-order valence-corrected chi connectivity index (χ1v) is 8.02. The summed E-state index contributed by atoms with van der Waals surface area (Å²) in [7, 11) is 0. The molecule has 4 rings (SSSR count). The number of pyridine rings is 1. The number of halogens is 3. The van der Waals surface area contributed by atoms with E-state index in [-0.39, 0.29) is 23.8 Å². The number of carbonyl (C=O) groups excluding carboxylic acids is 1. The summed E-state index contributed by atoms with van der Waals surface area (Å²) in [5.74, 6) is 0.398. The molecule has 9 heteroatoms. The zero-order chi connectivity index (χ0) is 19.2. The van der Waals surface area contributed by atoms with Gasteiger partial charge in [0.05, 0.1) is 11.8 Å². The Bertz CT molecular complexity index is 1160. The van der Waals surface area contributed by atoms with Crippen molar-refractivity contribution in [2.24, 2.45) is 0 Å². The van der Waals surface area contributed by atoms with Crippen LogP contribution in [0.3, 0.4) is 0 Å². The second kappa shape index (κ2) is 6.11. The summed E-state index contributed by atoms with van der Waals surface area (Å²) < 4.78 is 43.8. The summed E-state index contributed by atoms with van der Waals surface area (Å²) >= 11 is 0. The number of hydrogen-bond acceptors (Lipinski definition) is 4. The quantitative estimate of drug-likeness (QED) is 0.563. The molecule has 0 saturated heterocycles. The second-order valence-electron chi connectivity index (χ2n) is 6.02. The Balaban J connectivity index is 1.58. The number of nitrogens with zero attached hydrogens (tertiary/aromatic N) is 2. The molecule has 0 fully saturated rings. The number of carbonyl (C=O) groups is 1. The van der Waals surface area contributed by atoms with Crippen LogP contribution in [0.2, 0.25) is 0 Å². The molecule has 0 unspecified atom stereocenters. The van der Waals surface area contributed by atoms with Gasteiger partial charge in [-0.3, -0.25) is 9.89 Å². The van der Waals surface area contributed by atoms with Crippen molar-refractivity contribution in [1.29, 1.82) is 0 Å². The van der Waals surface area contributed by atoms with Gasteiger partial charge in [0.2, 0.25) is 5.91 Å². The number of H-pyrrole nitrogens is 1. The molecule has 0 atom stereocenters. The number of rotatable bonds is 3. The number of para-hydroxylation sites is 1. The number of amides is 1. The molecule has 2 N–H and O–H groups in total. The van der Waals surface area contributed by atoms with Crippen LogP contribution in [-0.4, -0.2) is 21.1 Å². The lowest BCUT2D eigenvalue weighted by molar-refractivity contribution is -0.141. The van der Waals surface area contributed by atoms with Crippen molar-refractivity contribution in [3.05, 3.63) is 53.4 Å². The van der Waals surface area contributed by atoms with Gasteiger partial charge < -0.3 is 9.73 Å². The molecule has 3 aromatic heterocycles. The lowest BCUT2D eigenvalue weighted by Gasteiger charge is -2.05. The number of furan rings is 1. The standard InChI is InChI=1S/C18H13F3N4O2/c1-9-12(10-4-2-3-5-13(10)27-9)8-15(26)23-17-11-6-7-14(18(19,20)21)22-16(11)24-25-17/h2-7H,8H2,1H3,(H2,22,23,24,25,26). The molecule has 0 spiro atoms. The van der Waals surface area contributed by atoms with E-state index in [1.54, 1.807) is 6.92 Å². The van der Waals surface area contributed by atoms with Crippen molar-refractivity contribution in [2.45, 2.75) is 19.5 Å². The van der Waals surface area contributed by atoms with Gasteiger partial charge in [0.25, 0.3) is 0 Å². The highest BCUT2D eigenvalue weighted by atomic mass is 19.4. The van der Waals surface area contributed by atoms with E-state index in [0.717, 1.165) is 17.0 Å². The fourth-order valence-corrected chi connectivity index (χ4v) is 2.94. The molecule has 1 aromatic carbocycles. The van der Waals surface area contributed by atoms with Gasteiger partial charge in [0.15, 0.2) is 11.5 Å². The summed E-state index contributed by atoms with van der Waals surface area (Å²) in [6.45, 7) is 1.77. The Labute approximate surface area is 150 Å². The zero-order valence-corrected chi connectivity index (χ0v) is 14.0. The van der Waals surface area contributed by atoms with Gasteiger partial charge in [0.1, 0.15) is 17.0 Å². The third-order valence-corrected chi connectivity index (χ3v) is 4.21. The van der Waals surface area contributed by atoms with Crippen molar-refractivity contribution in [3.63, 3.8) is 0 Å². The van der Waals surface area contributed by atoms with Crippen LogP contribution in [0.4, 0.5) is 19.0 Å². The Hall–Kier alpha value is -3.36. The second-order valence-corrected chi connectivity index (χ2v) is 6.02. The predicted molar refractivity (Wildman–Crippen MR) is 92.2 cm³/mol. The van der Waals surface area contributed by atoms with Crippen molar-refractivity contribution in [2.75, 3.05) is 5.32 Å². The first-order valence-electron chi connectivity index (χ1n) is 8.02. The van der Waals surface area contributed by atoms with Crippen LogP contribution in [0.1, 0.15) is 17.0 Å². The molecule has 138 valence electrons. The monoisotopic (exact) mass is 374 g/mol. The van der Waals surface area contributed by atoms with E-state index in [9.17, 15) is 18.0 Å². The highest BCUT2D eigenvalue weighted by Crippen LogP contribution is 2.30. The Kier molecular flexibility index (Phi) is 3.87. The average Bonchev–Trinajstić information content (AvgIpc) is 3.15. The molecule has 0 aliphatic rings. The lowest BCUT2D eigenvalue weighted by atomic mass is 10.1. The Morgan fingerprint density at radius 1 is 1.19 bits per heavy atom. The van der Waals surface area contributed by atoms with E-state index in [2.05, 4.69) is 20.5 Å². The van der Waals surface area contributed by atoms with Gasteiger partial charge >= 0.3 is 6.18 Å². The molecule has 0 aliphatic carbocycles. The van der Waals surface area contributed by atoms with E-state index in [0.29, 0.717) is 16.7 Å². The number of aromatic nitrogens is 3. The topological polar surface area (TPSA) is 83.8 Å². The first kappa shape index (κ1) is 17.1. The number of fused-ring (bicyclic) bond motifs is 2. The minimum Gasteiger partial charge on any atom is -0.461 e. The van der Waals surface area contributed by atoms with Gasteiger partial charge in [0, 0.05) is 10.9 Å². The molecule has 0 bridgehead atoms. The largest absolute Gasteiger partial charge is 0.461 e. The van der Waals surface area contributed by atoms with Crippen molar-refractivity contribution in [3.8, 4) is 0 Å². The number of aromatic amines is 1. The van der Waals surface area contributed by atoms with Crippen LogP contribution in [0.25, 0.3) is 22.0 Å². The van der Waals surface area contributed by atoms with E-state index in [1.165, 1.54) is 6.07 Å². The average molecular weight is 374 g/mol. The summed E-state index contributed by atoms with van der Waals surface area (Å²) in [5, 5.41) is 10.0. The van der Waals surface area contributed by atoms with Crippen LogP contribution < -0.4 is 5.32 Å². The lowest BCUT2D eigenvalue weighted by Crippen LogP contribution is -2.15. The first-order chi connectivity index (χ1) is 12.8. The molecular weight excluding hydrogens is 361 g/mol. The molecule has 4 aromatic rings. The maximum atomic E-state index is 12.7. The fraction of sp³-hybridized carbons (Fsp3) is 0.167. The normalized spacial score (nSPS) is 12.0. The number of aryl methyl sites for hydroxylation is 1. The molecule has 6 nitrogen and oxygen atoms in total. The third kappa shape index (κ3) is 3.12. The van der Waals surface area contributed by atoms with Crippen LogP contribution >= 0.6 is 0 Å². The highest BCUT2D eigenvalue weighted by molar-refractivity contribution is 6.00. The number of alkyl halides is 3. The summed E-state index contributed by atoms with van der Waals surface area (Å²) in [6.07, 6.45) is -4.51. The minimum atomic E-state index is -4.55. The van der Waals surface area contributed by atoms with Crippen LogP contribution in [0.15, 0.2) is 40.8 Å². The minimum absolute atomic E-state index is 0.0469. The summed E-state index contributed by atoms with van der Waals surface area (Å²) in [6, 6.07) is 9.44. The van der Waals surface area contributed by atoms with Crippen molar-refractivity contribution >= 4 is 33.7 Å². The molecule has 1 amide bonds.